The predicted molar refractivity (Wildman–Crippen MR) is 158 cm³/mol. The highest BCUT2D eigenvalue weighted by atomic mass is 32.1. The monoisotopic (exact) mass is 625 g/mol. The van der Waals surface area contributed by atoms with Crippen molar-refractivity contribution >= 4 is 75.2 Å². The smallest absolute Gasteiger partial charge is 0.343 e. The summed E-state index contributed by atoms with van der Waals surface area (Å²) in [6.45, 7) is 8.73. The van der Waals surface area contributed by atoms with E-state index in [1.165, 1.54) is 0 Å². The molecule has 0 saturated carbocycles. The Kier molecular flexibility index (Phi) is 9.26. The zero-order valence-electron chi connectivity index (χ0n) is 24.1. The molecule has 0 saturated heterocycles. The molecule has 224 valence electrons. The summed E-state index contributed by atoms with van der Waals surface area (Å²) in [6.07, 6.45) is 0. The average molecular weight is 626 g/mol. The van der Waals surface area contributed by atoms with Crippen LogP contribution in [0.3, 0.4) is 0 Å². The van der Waals surface area contributed by atoms with Gasteiger partial charge >= 0.3 is 23.9 Å². The van der Waals surface area contributed by atoms with Crippen LogP contribution in [0.4, 0.5) is 5.69 Å². The number of aryl methyl sites for hydroxylation is 2. The number of nitrogens with zero attached hydrogens (tertiary/aromatic N) is 1. The van der Waals surface area contributed by atoms with Crippen LogP contribution in [0.2, 0.25) is 0 Å². The quantitative estimate of drug-likeness (QED) is 0.232. The Morgan fingerprint density at radius 1 is 0.698 bits per heavy atom. The van der Waals surface area contributed by atoms with Crippen molar-refractivity contribution in [3.05, 3.63) is 61.0 Å². The highest BCUT2D eigenvalue weighted by Gasteiger charge is 2.46. The number of imide groups is 1. The van der Waals surface area contributed by atoms with E-state index in [4.69, 9.17) is 18.9 Å². The van der Waals surface area contributed by atoms with Crippen molar-refractivity contribution in [2.75, 3.05) is 18.1 Å². The molecule has 2 aromatic heterocycles. The lowest BCUT2D eigenvalue weighted by molar-refractivity contribution is -0.132. The van der Waals surface area contributed by atoms with Crippen LogP contribution < -0.4 is 14.4 Å². The normalized spacial score (nSPS) is 12.9. The maximum atomic E-state index is 14.2. The minimum Gasteiger partial charge on any atom is -0.462 e. The molecule has 0 unspecified atom stereocenters. The van der Waals surface area contributed by atoms with Gasteiger partial charge in [0.15, 0.2) is 11.5 Å². The number of carbonyl (C=O) groups excluding carboxylic acids is 6. The number of hydrogen-bond acceptors (Lipinski definition) is 12. The van der Waals surface area contributed by atoms with Gasteiger partial charge in [-0.25, -0.2) is 14.5 Å². The molecule has 11 nitrogen and oxygen atoms in total. The molecule has 0 radical (unpaired) electrons. The summed E-state index contributed by atoms with van der Waals surface area (Å²) in [5.41, 5.74) is -0.322. The molecule has 1 aromatic carbocycles. The van der Waals surface area contributed by atoms with Crippen molar-refractivity contribution < 1.29 is 47.7 Å². The second kappa shape index (κ2) is 12.7. The molecular weight excluding hydrogens is 598 g/mol. The number of ether oxygens (including phenoxy) is 4. The van der Waals surface area contributed by atoms with Crippen LogP contribution >= 0.6 is 22.7 Å². The van der Waals surface area contributed by atoms with Crippen molar-refractivity contribution in [1.29, 1.82) is 0 Å². The number of hydrogen-bond donors (Lipinski definition) is 0. The number of esters is 4. The second-order valence-corrected chi connectivity index (χ2v) is 11.5. The number of rotatable bonds is 9. The molecule has 0 fully saturated rings. The van der Waals surface area contributed by atoms with Gasteiger partial charge in [0.2, 0.25) is 0 Å². The summed E-state index contributed by atoms with van der Waals surface area (Å²) in [7, 11) is 0. The predicted octanol–water partition coefficient (Wildman–Crippen LogP) is 5.11. The second-order valence-electron chi connectivity index (χ2n) is 9.04. The van der Waals surface area contributed by atoms with E-state index in [1.54, 1.807) is 58.0 Å². The molecular formula is C30H27NO10S2. The summed E-state index contributed by atoms with van der Waals surface area (Å²) in [4.78, 5) is 80.4. The highest BCUT2D eigenvalue weighted by Crippen LogP contribution is 2.51. The Balaban J connectivity index is 2.11. The number of carbonyl (C=O) groups is 6. The molecule has 1 aliphatic heterocycles. The number of benzene rings is 1. The summed E-state index contributed by atoms with van der Waals surface area (Å²) in [6, 6.07) is 8.12. The minimum absolute atomic E-state index is 0.0139. The lowest BCUT2D eigenvalue weighted by Crippen LogP contribution is -2.31. The first-order valence-corrected chi connectivity index (χ1v) is 14.7. The Morgan fingerprint density at radius 2 is 1.09 bits per heavy atom. The lowest BCUT2D eigenvalue weighted by atomic mass is 10.0. The average Bonchev–Trinajstić information content (AvgIpc) is 3.51. The van der Waals surface area contributed by atoms with E-state index < -0.39 is 35.7 Å². The number of thiophene rings is 2. The van der Waals surface area contributed by atoms with Gasteiger partial charge in [-0.15, -0.1) is 22.7 Å². The van der Waals surface area contributed by atoms with E-state index in [1.807, 2.05) is 0 Å². The zero-order valence-corrected chi connectivity index (χ0v) is 25.8. The maximum Gasteiger partial charge on any atom is 0.343 e. The van der Waals surface area contributed by atoms with Crippen LogP contribution in [0.1, 0.15) is 67.9 Å². The van der Waals surface area contributed by atoms with Gasteiger partial charge in [-0.3, -0.25) is 19.2 Å². The van der Waals surface area contributed by atoms with Crippen LogP contribution in [-0.4, -0.2) is 48.9 Å². The van der Waals surface area contributed by atoms with Gasteiger partial charge in [0.1, 0.15) is 11.1 Å². The Morgan fingerprint density at radius 3 is 1.44 bits per heavy atom. The van der Waals surface area contributed by atoms with E-state index in [0.717, 1.165) is 41.4 Å². The van der Waals surface area contributed by atoms with E-state index in [2.05, 4.69) is 0 Å². The third kappa shape index (κ3) is 5.86. The Labute approximate surface area is 254 Å². The van der Waals surface area contributed by atoms with E-state index >= 15 is 0 Å². The molecule has 0 atom stereocenters. The van der Waals surface area contributed by atoms with E-state index in [9.17, 15) is 28.8 Å². The molecule has 0 aliphatic carbocycles. The van der Waals surface area contributed by atoms with Crippen LogP contribution in [0.5, 0.6) is 11.5 Å². The fraction of sp³-hybridized carbons (Fsp3) is 0.267. The summed E-state index contributed by atoms with van der Waals surface area (Å²) in [5.74, 6) is -5.18. The molecule has 2 amide bonds. The molecule has 13 heteroatoms. The third-order valence-corrected chi connectivity index (χ3v) is 8.29. The summed E-state index contributed by atoms with van der Waals surface area (Å²) < 4.78 is 21.3. The summed E-state index contributed by atoms with van der Waals surface area (Å²) in [5, 5.41) is 0. The van der Waals surface area contributed by atoms with Gasteiger partial charge in [-0.05, 0) is 39.8 Å². The van der Waals surface area contributed by atoms with E-state index in [-0.39, 0.29) is 62.4 Å². The van der Waals surface area contributed by atoms with Crippen molar-refractivity contribution in [3.63, 3.8) is 0 Å². The first-order chi connectivity index (χ1) is 20.4. The molecule has 1 aliphatic rings. The molecule has 4 rings (SSSR count). The minimum atomic E-state index is -0.784. The molecule has 43 heavy (non-hydrogen) atoms. The summed E-state index contributed by atoms with van der Waals surface area (Å²) >= 11 is 1.90. The van der Waals surface area contributed by atoms with Crippen molar-refractivity contribution in [2.24, 2.45) is 0 Å². The van der Waals surface area contributed by atoms with Crippen LogP contribution in [0.15, 0.2) is 30.3 Å². The van der Waals surface area contributed by atoms with Crippen molar-refractivity contribution in [2.45, 2.75) is 41.5 Å². The van der Waals surface area contributed by atoms with Gasteiger partial charge in [0.05, 0.1) is 39.8 Å². The Hall–Kier alpha value is -4.62. The first kappa shape index (κ1) is 31.3. The number of anilines is 1. The van der Waals surface area contributed by atoms with Crippen molar-refractivity contribution in [1.82, 2.24) is 0 Å². The molecule has 3 heterocycles. The number of amides is 2. The maximum absolute atomic E-state index is 14.2. The fourth-order valence-corrected chi connectivity index (χ4v) is 6.73. The van der Waals surface area contributed by atoms with Gasteiger partial charge < -0.3 is 18.9 Å². The molecule has 3 aromatic rings. The highest BCUT2D eigenvalue weighted by molar-refractivity contribution is 7.16. The van der Waals surface area contributed by atoms with Gasteiger partial charge in [-0.2, -0.15) is 0 Å². The zero-order chi connectivity index (χ0) is 31.6. The molecule has 0 bridgehead atoms. The van der Waals surface area contributed by atoms with Gasteiger partial charge in [-0.1, -0.05) is 18.2 Å². The van der Waals surface area contributed by atoms with Gasteiger partial charge in [0.25, 0.3) is 11.8 Å². The van der Waals surface area contributed by atoms with Crippen LogP contribution in [0, 0.1) is 13.8 Å². The fourth-order valence-electron chi connectivity index (χ4n) is 4.50. The third-order valence-electron chi connectivity index (χ3n) is 6.08. The first-order valence-electron chi connectivity index (χ1n) is 13.1. The van der Waals surface area contributed by atoms with E-state index in [0.29, 0.717) is 9.75 Å². The molecule has 0 N–H and O–H groups in total. The standard InChI is InChI=1S/C30H27NO10S2/c1-7-38-29(36)19-14(3)42-25(23(19)40-16(5)32)21-22(28(35)31(27(21)34)18-12-10-9-11-13-18)26-24(41-17(6)33)20(15(4)43-26)30(37)39-8-2/h9-13H,7-8H2,1-6H3. The van der Waals surface area contributed by atoms with Crippen LogP contribution in [0.25, 0.3) is 11.1 Å². The molecule has 0 spiro atoms. The number of para-hydroxylation sites is 1. The lowest BCUT2D eigenvalue weighted by Gasteiger charge is -2.15. The SMILES string of the molecule is CCOC(=O)c1c(C)sc(C2=C(c3sc(C)c(C(=O)OCC)c3OC(C)=O)C(=O)N(c3ccccc3)C2=O)c1OC(C)=O. The topological polar surface area (TPSA) is 143 Å². The van der Waals surface area contributed by atoms with Crippen LogP contribution in [-0.2, 0) is 28.7 Å². The van der Waals surface area contributed by atoms with Crippen molar-refractivity contribution in [3.8, 4) is 11.5 Å². The van der Waals surface area contributed by atoms with Gasteiger partial charge in [0, 0.05) is 23.6 Å². The largest absolute Gasteiger partial charge is 0.462 e. The Bertz CT molecular complexity index is 1590.